The van der Waals surface area contributed by atoms with E-state index >= 15 is 0 Å². The summed E-state index contributed by atoms with van der Waals surface area (Å²) in [5.41, 5.74) is 1.84. The number of benzene rings is 4. The number of hydrogen-bond acceptors (Lipinski definition) is 5. The number of nitrogens with one attached hydrogen (secondary N) is 1. The first-order valence-corrected chi connectivity index (χ1v) is 15.3. The molecule has 0 radical (unpaired) electrons. The second kappa shape index (κ2) is 13.0. The predicted octanol–water partition coefficient (Wildman–Crippen LogP) is 5.29. The average Bonchev–Trinajstić information content (AvgIpc) is 3.01. The number of halogens is 2. The first-order chi connectivity index (χ1) is 20.2. The number of rotatable bonds is 9. The molecule has 0 fully saturated rings. The minimum Gasteiger partial charge on any atom is -0.477 e. The molecule has 0 aliphatic carbocycles. The van der Waals surface area contributed by atoms with E-state index in [1.54, 1.807) is 54.6 Å². The lowest BCUT2D eigenvalue weighted by molar-refractivity contribution is -0.128. The first-order valence-electron chi connectivity index (χ1n) is 13.1. The van der Waals surface area contributed by atoms with Crippen molar-refractivity contribution in [2.75, 3.05) is 18.0 Å². The van der Waals surface area contributed by atoms with Crippen molar-refractivity contribution in [3.8, 4) is 5.75 Å². The van der Waals surface area contributed by atoms with Crippen molar-refractivity contribution in [3.63, 3.8) is 0 Å². The molecule has 0 aromatic heterocycles. The zero-order chi connectivity index (χ0) is 29.7. The summed E-state index contributed by atoms with van der Waals surface area (Å²) in [6.45, 7) is -0.494. The molecule has 1 atom stereocenters. The minimum absolute atomic E-state index is 0.0310. The van der Waals surface area contributed by atoms with Gasteiger partial charge in [0.2, 0.25) is 15.9 Å². The third kappa shape index (κ3) is 6.77. The molecule has 1 N–H and O–H groups in total. The van der Waals surface area contributed by atoms with Crippen LogP contribution in [0.1, 0.15) is 11.1 Å². The molecule has 0 unspecified atom stereocenters. The van der Waals surface area contributed by atoms with E-state index in [1.807, 2.05) is 30.3 Å². The fourth-order valence-corrected chi connectivity index (χ4v) is 6.41. The van der Waals surface area contributed by atoms with Gasteiger partial charge in [-0.3, -0.25) is 9.59 Å². The van der Waals surface area contributed by atoms with Gasteiger partial charge in [0.05, 0.1) is 23.7 Å². The highest BCUT2D eigenvalue weighted by molar-refractivity contribution is 7.89. The number of ether oxygens (including phenoxy) is 1. The molecule has 0 bridgehead atoms. The van der Waals surface area contributed by atoms with Gasteiger partial charge in [0, 0.05) is 23.1 Å². The van der Waals surface area contributed by atoms with Crippen molar-refractivity contribution in [2.24, 2.45) is 0 Å². The SMILES string of the molecule is O=C(NCc1ccccc1)[C@@H]1CN(C(=O)CN(Cc2ccc(Cl)cc2Cl)S(=O)(=O)c2ccccc2)c2ccccc2O1. The van der Waals surface area contributed by atoms with Gasteiger partial charge in [0.15, 0.2) is 6.10 Å². The van der Waals surface area contributed by atoms with E-state index in [4.69, 9.17) is 27.9 Å². The van der Waals surface area contributed by atoms with Crippen LogP contribution in [0.3, 0.4) is 0 Å². The molecule has 1 heterocycles. The molecule has 4 aromatic rings. The van der Waals surface area contributed by atoms with Crippen LogP contribution in [0.4, 0.5) is 5.69 Å². The Balaban J connectivity index is 1.41. The standard InChI is InChI=1S/C31H27Cl2N3O5S/c32-24-16-15-23(26(33)17-24)19-35(42(39,40)25-11-5-2-6-12-25)21-30(37)36-20-29(41-28-14-8-7-13-27(28)36)31(38)34-18-22-9-3-1-4-10-22/h1-17,29H,18-21H2,(H,34,38)/t29-/m0/s1. The van der Waals surface area contributed by atoms with Gasteiger partial charge in [0.25, 0.3) is 5.91 Å². The Labute approximate surface area is 254 Å². The van der Waals surface area contributed by atoms with Gasteiger partial charge < -0.3 is 15.0 Å². The van der Waals surface area contributed by atoms with Gasteiger partial charge in [-0.25, -0.2) is 8.42 Å². The number of hydrogen-bond donors (Lipinski definition) is 1. The zero-order valence-corrected chi connectivity index (χ0v) is 24.6. The largest absolute Gasteiger partial charge is 0.477 e. The van der Waals surface area contributed by atoms with Crippen molar-refractivity contribution in [1.29, 1.82) is 0 Å². The highest BCUT2D eigenvalue weighted by atomic mass is 35.5. The number of nitrogens with zero attached hydrogens (tertiary/aromatic N) is 2. The lowest BCUT2D eigenvalue weighted by atomic mass is 10.1. The van der Waals surface area contributed by atoms with E-state index < -0.39 is 34.5 Å². The van der Waals surface area contributed by atoms with Crippen LogP contribution in [0, 0.1) is 0 Å². The predicted molar refractivity (Wildman–Crippen MR) is 162 cm³/mol. The average molecular weight is 625 g/mol. The number of para-hydroxylation sites is 2. The molecule has 1 aliphatic heterocycles. The minimum atomic E-state index is -4.12. The van der Waals surface area contributed by atoms with E-state index in [0.29, 0.717) is 28.6 Å². The van der Waals surface area contributed by atoms with Crippen LogP contribution >= 0.6 is 23.2 Å². The molecule has 5 rings (SSSR count). The molecule has 1 aliphatic rings. The summed E-state index contributed by atoms with van der Waals surface area (Å²) < 4.78 is 34.6. The fraction of sp³-hybridized carbons (Fsp3) is 0.161. The molecule has 0 saturated carbocycles. The third-order valence-electron chi connectivity index (χ3n) is 6.73. The summed E-state index contributed by atoms with van der Waals surface area (Å²) in [4.78, 5) is 28.4. The van der Waals surface area contributed by atoms with E-state index in [2.05, 4.69) is 5.32 Å². The van der Waals surface area contributed by atoms with E-state index in [-0.39, 0.29) is 23.0 Å². The maximum absolute atomic E-state index is 13.9. The lowest BCUT2D eigenvalue weighted by Gasteiger charge is -2.35. The summed E-state index contributed by atoms with van der Waals surface area (Å²) in [6, 6.07) is 28.9. The molecule has 0 spiro atoms. The maximum Gasteiger partial charge on any atom is 0.263 e. The van der Waals surface area contributed by atoms with E-state index in [1.165, 1.54) is 23.1 Å². The summed E-state index contributed by atoms with van der Waals surface area (Å²) in [5.74, 6) is -0.584. The Kier molecular flexibility index (Phi) is 9.13. The maximum atomic E-state index is 13.9. The van der Waals surface area contributed by atoms with Crippen molar-refractivity contribution in [1.82, 2.24) is 9.62 Å². The monoisotopic (exact) mass is 623 g/mol. The Hall–Kier alpha value is -3.89. The van der Waals surface area contributed by atoms with Crippen molar-refractivity contribution >= 4 is 50.7 Å². The van der Waals surface area contributed by atoms with Crippen LogP contribution in [-0.2, 0) is 32.7 Å². The Morgan fingerprint density at radius 3 is 2.29 bits per heavy atom. The lowest BCUT2D eigenvalue weighted by Crippen LogP contribution is -2.52. The molecular weight excluding hydrogens is 597 g/mol. The second-order valence-corrected chi connectivity index (χ2v) is 12.4. The van der Waals surface area contributed by atoms with Crippen molar-refractivity contribution < 1.29 is 22.7 Å². The Morgan fingerprint density at radius 1 is 0.905 bits per heavy atom. The Morgan fingerprint density at radius 2 is 1.57 bits per heavy atom. The quantitative estimate of drug-likeness (QED) is 0.273. The second-order valence-electron chi connectivity index (χ2n) is 9.60. The van der Waals surface area contributed by atoms with Gasteiger partial charge in [0.1, 0.15) is 5.75 Å². The van der Waals surface area contributed by atoms with Crippen LogP contribution in [0.2, 0.25) is 10.0 Å². The van der Waals surface area contributed by atoms with Gasteiger partial charge in [-0.2, -0.15) is 4.31 Å². The molecule has 8 nitrogen and oxygen atoms in total. The number of carbonyl (C=O) groups excluding carboxylic acids is 2. The normalized spacial score (nSPS) is 14.6. The number of amides is 2. The van der Waals surface area contributed by atoms with Crippen LogP contribution < -0.4 is 15.0 Å². The highest BCUT2D eigenvalue weighted by Crippen LogP contribution is 2.34. The summed E-state index contributed by atoms with van der Waals surface area (Å²) in [5, 5.41) is 3.53. The van der Waals surface area contributed by atoms with Crippen LogP contribution in [0.5, 0.6) is 5.75 Å². The van der Waals surface area contributed by atoms with Gasteiger partial charge in [-0.05, 0) is 47.5 Å². The van der Waals surface area contributed by atoms with Crippen LogP contribution in [-0.4, -0.2) is 43.7 Å². The van der Waals surface area contributed by atoms with Crippen LogP contribution in [0.15, 0.2) is 108 Å². The zero-order valence-electron chi connectivity index (χ0n) is 22.3. The molecule has 2 amide bonds. The number of fused-ring (bicyclic) bond motifs is 1. The Bertz CT molecular complexity index is 1690. The molecule has 11 heteroatoms. The topological polar surface area (TPSA) is 96.0 Å². The third-order valence-corrected chi connectivity index (χ3v) is 9.12. The van der Waals surface area contributed by atoms with Crippen LogP contribution in [0.25, 0.3) is 0 Å². The molecule has 216 valence electrons. The summed E-state index contributed by atoms with van der Waals surface area (Å²) >= 11 is 12.4. The summed E-state index contributed by atoms with van der Waals surface area (Å²) in [6.07, 6.45) is -1.00. The smallest absolute Gasteiger partial charge is 0.263 e. The van der Waals surface area contributed by atoms with Crippen molar-refractivity contribution in [3.05, 3.63) is 124 Å². The molecule has 4 aromatic carbocycles. The number of anilines is 1. The number of carbonyl (C=O) groups is 2. The number of sulfonamides is 1. The van der Waals surface area contributed by atoms with E-state index in [9.17, 15) is 18.0 Å². The first kappa shape index (κ1) is 29.6. The van der Waals surface area contributed by atoms with Gasteiger partial charge >= 0.3 is 0 Å². The molecular formula is C31H27Cl2N3O5S. The fourth-order valence-electron chi connectivity index (χ4n) is 4.55. The highest BCUT2D eigenvalue weighted by Gasteiger charge is 2.36. The van der Waals surface area contributed by atoms with Gasteiger partial charge in [-0.15, -0.1) is 0 Å². The van der Waals surface area contributed by atoms with E-state index in [0.717, 1.165) is 9.87 Å². The molecule has 42 heavy (non-hydrogen) atoms. The molecule has 0 saturated heterocycles. The summed E-state index contributed by atoms with van der Waals surface area (Å²) in [7, 11) is -4.12. The van der Waals surface area contributed by atoms with Gasteiger partial charge in [-0.1, -0.05) is 89.9 Å². The van der Waals surface area contributed by atoms with Crippen molar-refractivity contribution in [2.45, 2.75) is 24.1 Å².